The van der Waals surface area contributed by atoms with Crippen LogP contribution in [0.15, 0.2) is 45.9 Å². The monoisotopic (exact) mass is 623 g/mol. The SMILES string of the molecule is O=C(O)C[C@H](NC(=O)CNC(=O)c1cc(O)cc(NC2=NCC(O)CN2)c1)c1cc(Br)cc(C2(C(F)F)CC2)c1. The number of rotatable bonds is 10. The minimum atomic E-state index is -2.58. The van der Waals surface area contributed by atoms with Gasteiger partial charge in [-0.25, -0.2) is 8.78 Å². The number of aliphatic imine (C=N–C) groups is 1. The minimum absolute atomic E-state index is 0.0344. The van der Waals surface area contributed by atoms with Crippen LogP contribution in [0.2, 0.25) is 0 Å². The summed E-state index contributed by atoms with van der Waals surface area (Å²) in [5, 5.41) is 39.7. The van der Waals surface area contributed by atoms with Crippen LogP contribution >= 0.6 is 15.9 Å². The molecule has 0 saturated heterocycles. The lowest BCUT2D eigenvalue weighted by Gasteiger charge is -2.22. The maximum absolute atomic E-state index is 13.7. The molecular weight excluding hydrogens is 596 g/mol. The number of β-amino-alcohol motifs (C(OH)–C–C–N with tert-alkyl or cyclic N) is 1. The molecule has 0 radical (unpaired) electrons. The quantitative estimate of drug-likeness (QED) is 0.211. The van der Waals surface area contributed by atoms with E-state index in [2.05, 4.69) is 42.2 Å². The van der Waals surface area contributed by atoms with Gasteiger partial charge in [0.05, 0.1) is 37.1 Å². The fourth-order valence-corrected chi connectivity index (χ4v) is 4.88. The third-order valence-electron chi connectivity index (χ3n) is 6.64. The van der Waals surface area contributed by atoms with E-state index < -0.39 is 54.7 Å². The van der Waals surface area contributed by atoms with Gasteiger partial charge in [-0.05, 0) is 48.2 Å². The molecule has 214 valence electrons. The number of amides is 2. The molecule has 11 nitrogen and oxygen atoms in total. The molecule has 1 fully saturated rings. The van der Waals surface area contributed by atoms with Crippen molar-refractivity contribution < 1.29 is 38.5 Å². The lowest BCUT2D eigenvalue weighted by Crippen LogP contribution is -2.42. The highest BCUT2D eigenvalue weighted by Crippen LogP contribution is 2.53. The first-order chi connectivity index (χ1) is 18.9. The Morgan fingerprint density at radius 2 is 1.90 bits per heavy atom. The van der Waals surface area contributed by atoms with Gasteiger partial charge >= 0.3 is 5.97 Å². The molecule has 0 bridgehead atoms. The summed E-state index contributed by atoms with van der Waals surface area (Å²) in [5.41, 5.74) is -0.202. The number of alkyl halides is 2. The Hall–Kier alpha value is -3.78. The Kier molecular flexibility index (Phi) is 8.88. The van der Waals surface area contributed by atoms with E-state index in [1.54, 1.807) is 12.1 Å². The molecule has 1 heterocycles. The molecular formula is C26H28BrF2N5O6. The van der Waals surface area contributed by atoms with E-state index in [-0.39, 0.29) is 24.4 Å². The van der Waals surface area contributed by atoms with E-state index in [4.69, 9.17) is 0 Å². The third-order valence-corrected chi connectivity index (χ3v) is 7.09. The number of guanidine groups is 1. The average molecular weight is 624 g/mol. The van der Waals surface area contributed by atoms with Crippen LogP contribution in [0.5, 0.6) is 5.75 Å². The molecule has 2 aromatic rings. The highest BCUT2D eigenvalue weighted by atomic mass is 79.9. The molecule has 1 aliphatic carbocycles. The zero-order valence-corrected chi connectivity index (χ0v) is 22.7. The number of nitrogens with zero attached hydrogens (tertiary/aromatic N) is 1. The van der Waals surface area contributed by atoms with Crippen molar-refractivity contribution in [2.75, 3.05) is 25.0 Å². The van der Waals surface area contributed by atoms with Gasteiger partial charge in [0.15, 0.2) is 5.96 Å². The second-order valence-corrected chi connectivity index (χ2v) is 10.7. The molecule has 2 aliphatic rings. The molecule has 2 amide bonds. The van der Waals surface area contributed by atoms with Crippen LogP contribution in [0, 0.1) is 0 Å². The molecule has 1 aliphatic heterocycles. The molecule has 14 heteroatoms. The van der Waals surface area contributed by atoms with Crippen molar-refractivity contribution in [3.05, 3.63) is 57.6 Å². The molecule has 40 heavy (non-hydrogen) atoms. The summed E-state index contributed by atoms with van der Waals surface area (Å²) in [4.78, 5) is 41.0. The smallest absolute Gasteiger partial charge is 0.305 e. The van der Waals surface area contributed by atoms with Crippen molar-refractivity contribution in [2.24, 2.45) is 4.99 Å². The number of nitrogens with one attached hydrogen (secondary N) is 4. The fraction of sp³-hybridized carbons (Fsp3) is 0.385. The van der Waals surface area contributed by atoms with Gasteiger partial charge in [-0.1, -0.05) is 22.0 Å². The number of aromatic hydroxyl groups is 1. The van der Waals surface area contributed by atoms with Gasteiger partial charge in [0.1, 0.15) is 5.75 Å². The Morgan fingerprint density at radius 1 is 1.15 bits per heavy atom. The average Bonchev–Trinajstić information content (AvgIpc) is 3.70. The molecule has 0 spiro atoms. The molecule has 2 aromatic carbocycles. The van der Waals surface area contributed by atoms with Gasteiger partial charge < -0.3 is 36.6 Å². The van der Waals surface area contributed by atoms with Crippen LogP contribution in [0.3, 0.4) is 0 Å². The predicted molar refractivity (Wildman–Crippen MR) is 145 cm³/mol. The van der Waals surface area contributed by atoms with E-state index in [0.29, 0.717) is 40.1 Å². The van der Waals surface area contributed by atoms with Crippen LogP contribution in [-0.4, -0.2) is 71.2 Å². The van der Waals surface area contributed by atoms with Crippen LogP contribution < -0.4 is 21.3 Å². The standard InChI is InChI=1S/C26H28BrF2N5O6/c27-16-4-13(3-15(7-16)26(1-2-26)24(28)29)20(9-22(38)39)34-21(37)12-30-23(40)14-5-17(8-18(35)6-14)33-25-31-10-19(36)11-32-25/h3-8,19-20,24,35-36H,1-2,9-12H2,(H,30,40)(H,34,37)(H,38,39)(H2,31,32,33)/t20-/m0/s1. The summed E-state index contributed by atoms with van der Waals surface area (Å²) in [6.07, 6.45) is -3.08. The van der Waals surface area contributed by atoms with E-state index in [1.807, 2.05) is 0 Å². The van der Waals surface area contributed by atoms with Crippen molar-refractivity contribution in [1.29, 1.82) is 0 Å². The lowest BCUT2D eigenvalue weighted by atomic mass is 9.92. The van der Waals surface area contributed by atoms with Crippen molar-refractivity contribution >= 4 is 45.4 Å². The summed E-state index contributed by atoms with van der Waals surface area (Å²) in [5.74, 6) is -2.47. The number of halogens is 3. The van der Waals surface area contributed by atoms with Crippen LogP contribution in [0.4, 0.5) is 14.5 Å². The zero-order chi connectivity index (χ0) is 29.0. The summed E-state index contributed by atoms with van der Waals surface area (Å²) in [6, 6.07) is 7.57. The van der Waals surface area contributed by atoms with Crippen LogP contribution in [-0.2, 0) is 15.0 Å². The minimum Gasteiger partial charge on any atom is -0.508 e. The number of carboxylic acid groups (broad SMARTS) is 1. The Morgan fingerprint density at radius 3 is 2.52 bits per heavy atom. The number of hydrogen-bond acceptors (Lipinski definition) is 8. The number of hydrogen-bond donors (Lipinski definition) is 7. The van der Waals surface area contributed by atoms with E-state index in [0.717, 1.165) is 0 Å². The zero-order valence-electron chi connectivity index (χ0n) is 21.1. The Bertz CT molecular complexity index is 1340. The van der Waals surface area contributed by atoms with Crippen molar-refractivity contribution in [2.45, 2.75) is 43.2 Å². The molecule has 1 unspecified atom stereocenters. The molecule has 0 aromatic heterocycles. The van der Waals surface area contributed by atoms with Crippen LogP contribution in [0.25, 0.3) is 0 Å². The van der Waals surface area contributed by atoms with Gasteiger partial charge in [-0.2, -0.15) is 0 Å². The Balaban J connectivity index is 1.42. The van der Waals surface area contributed by atoms with Crippen molar-refractivity contribution in [3.63, 3.8) is 0 Å². The fourth-order valence-electron chi connectivity index (χ4n) is 4.37. The summed E-state index contributed by atoms with van der Waals surface area (Å²) >= 11 is 3.29. The third kappa shape index (κ3) is 7.24. The second kappa shape index (κ2) is 12.2. The van der Waals surface area contributed by atoms with E-state index in [9.17, 15) is 38.5 Å². The summed E-state index contributed by atoms with van der Waals surface area (Å²) < 4.78 is 27.8. The van der Waals surface area contributed by atoms with Gasteiger partial charge in [-0.15, -0.1) is 0 Å². The number of carbonyl (C=O) groups excluding carboxylic acids is 2. The second-order valence-electron chi connectivity index (χ2n) is 9.75. The maximum atomic E-state index is 13.7. The highest BCUT2D eigenvalue weighted by molar-refractivity contribution is 9.10. The molecule has 4 rings (SSSR count). The van der Waals surface area contributed by atoms with Crippen molar-refractivity contribution in [3.8, 4) is 5.75 Å². The summed E-state index contributed by atoms with van der Waals surface area (Å²) in [7, 11) is 0. The molecule has 2 atom stereocenters. The Labute approximate surface area is 236 Å². The number of phenols is 1. The largest absolute Gasteiger partial charge is 0.508 e. The van der Waals surface area contributed by atoms with E-state index >= 15 is 0 Å². The van der Waals surface area contributed by atoms with Crippen molar-refractivity contribution in [1.82, 2.24) is 16.0 Å². The normalized spacial score (nSPS) is 18.2. The molecule has 7 N–H and O–H groups in total. The first-order valence-corrected chi connectivity index (χ1v) is 13.2. The number of phenolic OH excluding ortho intramolecular Hbond substituents is 1. The number of anilines is 1. The number of aliphatic hydroxyl groups is 1. The number of benzene rings is 2. The first-order valence-electron chi connectivity index (χ1n) is 12.4. The molecule has 1 saturated carbocycles. The number of carboxylic acids is 1. The lowest BCUT2D eigenvalue weighted by molar-refractivity contribution is -0.137. The van der Waals surface area contributed by atoms with Gasteiger partial charge in [-0.3, -0.25) is 19.4 Å². The van der Waals surface area contributed by atoms with Gasteiger partial charge in [0, 0.05) is 28.3 Å². The van der Waals surface area contributed by atoms with E-state index in [1.165, 1.54) is 24.3 Å². The number of aliphatic hydroxyl groups excluding tert-OH is 1. The maximum Gasteiger partial charge on any atom is 0.305 e. The van der Waals surface area contributed by atoms with Gasteiger partial charge in [0.25, 0.3) is 5.91 Å². The number of carbonyl (C=O) groups is 3. The predicted octanol–water partition coefficient (Wildman–Crippen LogP) is 2.25. The topological polar surface area (TPSA) is 172 Å². The van der Waals surface area contributed by atoms with Crippen LogP contribution in [0.1, 0.15) is 46.8 Å². The summed E-state index contributed by atoms with van der Waals surface area (Å²) in [6.45, 7) is -0.0422. The first kappa shape index (κ1) is 29.2. The van der Waals surface area contributed by atoms with Gasteiger partial charge in [0.2, 0.25) is 12.3 Å². The highest BCUT2D eigenvalue weighted by Gasteiger charge is 2.52. The number of aliphatic carboxylic acids is 1.